The van der Waals surface area contributed by atoms with Crippen LogP contribution in [0.1, 0.15) is 29.9 Å². The molecule has 8 heteroatoms. The van der Waals surface area contributed by atoms with Crippen molar-refractivity contribution in [1.29, 1.82) is 0 Å². The summed E-state index contributed by atoms with van der Waals surface area (Å²) in [4.78, 5) is 41.2. The molecule has 0 aliphatic carbocycles. The van der Waals surface area contributed by atoms with Crippen LogP contribution < -0.4 is 16.6 Å². The number of aromatic nitrogens is 3. The summed E-state index contributed by atoms with van der Waals surface area (Å²) >= 11 is 3.42. The Morgan fingerprint density at radius 3 is 2.36 bits per heavy atom. The quantitative estimate of drug-likeness (QED) is 0.667. The summed E-state index contributed by atoms with van der Waals surface area (Å²) in [5, 5.41) is 3.18. The molecule has 2 aromatic heterocycles. The second-order valence-electron chi connectivity index (χ2n) is 7.35. The highest BCUT2D eigenvalue weighted by Crippen LogP contribution is 2.24. The standard InChI is InChI=1S/C20H21BrN4O3/c1-20(2,12-5-7-13(21)8-6-12)11-22-17(26)15-10-9-14-16(23-15)24(3)19(28)25(4)18(14)27/h5-10H,11H2,1-4H3,(H,22,26). The Morgan fingerprint density at radius 1 is 1.07 bits per heavy atom. The molecule has 1 aromatic carbocycles. The zero-order valence-corrected chi connectivity index (χ0v) is 17.7. The van der Waals surface area contributed by atoms with Crippen LogP contribution in [-0.4, -0.2) is 26.6 Å². The van der Waals surface area contributed by atoms with Gasteiger partial charge in [-0.1, -0.05) is 41.9 Å². The molecule has 0 aliphatic rings. The first-order valence-corrected chi connectivity index (χ1v) is 9.52. The fraction of sp³-hybridized carbons (Fsp3) is 0.300. The molecular formula is C20H21BrN4O3. The van der Waals surface area contributed by atoms with E-state index in [1.165, 1.54) is 30.8 Å². The number of benzene rings is 1. The molecule has 7 nitrogen and oxygen atoms in total. The molecule has 0 atom stereocenters. The van der Waals surface area contributed by atoms with Crippen molar-refractivity contribution in [1.82, 2.24) is 19.4 Å². The number of halogens is 1. The number of hydrogen-bond donors (Lipinski definition) is 1. The van der Waals surface area contributed by atoms with Crippen molar-refractivity contribution in [3.05, 3.63) is 73.0 Å². The number of nitrogens with one attached hydrogen (secondary N) is 1. The number of fused-ring (bicyclic) bond motifs is 1. The fourth-order valence-electron chi connectivity index (χ4n) is 2.98. The molecule has 3 rings (SSSR count). The summed E-state index contributed by atoms with van der Waals surface area (Å²) < 4.78 is 3.28. The monoisotopic (exact) mass is 444 g/mol. The van der Waals surface area contributed by atoms with Gasteiger partial charge in [0.2, 0.25) is 0 Å². The fourth-order valence-corrected chi connectivity index (χ4v) is 3.24. The topological polar surface area (TPSA) is 86.0 Å². The van der Waals surface area contributed by atoms with Crippen molar-refractivity contribution < 1.29 is 4.79 Å². The third-order valence-corrected chi connectivity index (χ3v) is 5.38. The Morgan fingerprint density at radius 2 is 1.71 bits per heavy atom. The SMILES string of the molecule is Cn1c(=O)c2ccc(C(=O)NCC(C)(C)c3ccc(Br)cc3)nc2n(C)c1=O. The Balaban J connectivity index is 1.87. The van der Waals surface area contributed by atoms with E-state index < -0.39 is 11.2 Å². The van der Waals surface area contributed by atoms with Crippen molar-refractivity contribution >= 4 is 32.9 Å². The van der Waals surface area contributed by atoms with Gasteiger partial charge >= 0.3 is 5.69 Å². The van der Waals surface area contributed by atoms with Crippen molar-refractivity contribution in [2.24, 2.45) is 14.1 Å². The lowest BCUT2D eigenvalue weighted by Gasteiger charge is -2.25. The molecule has 1 N–H and O–H groups in total. The minimum Gasteiger partial charge on any atom is -0.350 e. The first kappa shape index (κ1) is 20.0. The number of nitrogens with zero attached hydrogens (tertiary/aromatic N) is 3. The van der Waals surface area contributed by atoms with Crippen molar-refractivity contribution in [3.63, 3.8) is 0 Å². The summed E-state index contributed by atoms with van der Waals surface area (Å²) in [6.45, 7) is 4.48. The number of pyridine rings is 1. The van der Waals surface area contributed by atoms with E-state index in [1.54, 1.807) is 0 Å². The minimum absolute atomic E-state index is 0.155. The van der Waals surface area contributed by atoms with E-state index in [4.69, 9.17) is 0 Å². The van der Waals surface area contributed by atoms with Gasteiger partial charge in [-0.2, -0.15) is 0 Å². The van der Waals surface area contributed by atoms with Crippen LogP contribution in [0, 0.1) is 0 Å². The normalized spacial score (nSPS) is 11.6. The highest BCUT2D eigenvalue weighted by atomic mass is 79.9. The van der Waals surface area contributed by atoms with Gasteiger partial charge in [-0.15, -0.1) is 0 Å². The van der Waals surface area contributed by atoms with E-state index >= 15 is 0 Å². The molecular weight excluding hydrogens is 424 g/mol. The Kier molecular flexibility index (Phi) is 5.25. The van der Waals surface area contributed by atoms with Gasteiger partial charge in [0.25, 0.3) is 11.5 Å². The molecule has 0 saturated carbocycles. The molecule has 146 valence electrons. The first-order chi connectivity index (χ1) is 13.1. The van der Waals surface area contributed by atoms with E-state index in [-0.39, 0.29) is 28.0 Å². The third-order valence-electron chi connectivity index (χ3n) is 4.85. The molecule has 1 amide bonds. The summed E-state index contributed by atoms with van der Waals surface area (Å²) in [5.41, 5.74) is 0.229. The number of carbonyl (C=O) groups is 1. The average Bonchev–Trinajstić information content (AvgIpc) is 2.68. The van der Waals surface area contributed by atoms with Gasteiger partial charge in [0.15, 0.2) is 0 Å². The highest BCUT2D eigenvalue weighted by Gasteiger charge is 2.22. The van der Waals surface area contributed by atoms with Crippen LogP contribution in [0.3, 0.4) is 0 Å². The predicted molar refractivity (Wildman–Crippen MR) is 112 cm³/mol. The number of carbonyl (C=O) groups excluding carboxylic acids is 1. The summed E-state index contributed by atoms with van der Waals surface area (Å²) in [6, 6.07) is 11.0. The Hall–Kier alpha value is -2.74. The molecule has 2 heterocycles. The second-order valence-corrected chi connectivity index (χ2v) is 8.26. The smallest absolute Gasteiger partial charge is 0.332 e. The van der Waals surface area contributed by atoms with E-state index in [2.05, 4.69) is 26.2 Å². The number of hydrogen-bond acceptors (Lipinski definition) is 4. The molecule has 0 radical (unpaired) electrons. The highest BCUT2D eigenvalue weighted by molar-refractivity contribution is 9.10. The number of aryl methyl sites for hydroxylation is 1. The van der Waals surface area contributed by atoms with Crippen LogP contribution in [0.25, 0.3) is 11.0 Å². The van der Waals surface area contributed by atoms with Gasteiger partial charge in [-0.05, 0) is 29.8 Å². The zero-order chi connectivity index (χ0) is 20.6. The molecule has 0 unspecified atom stereocenters. The minimum atomic E-state index is -0.487. The van der Waals surface area contributed by atoms with Gasteiger partial charge in [-0.25, -0.2) is 9.78 Å². The van der Waals surface area contributed by atoms with Crippen LogP contribution in [0.15, 0.2) is 50.5 Å². The van der Waals surface area contributed by atoms with Gasteiger partial charge in [0.1, 0.15) is 11.3 Å². The predicted octanol–water partition coefficient (Wildman–Crippen LogP) is 2.10. The van der Waals surface area contributed by atoms with Crippen molar-refractivity contribution in [2.45, 2.75) is 19.3 Å². The van der Waals surface area contributed by atoms with Gasteiger partial charge in [0, 0.05) is 30.5 Å². The zero-order valence-electron chi connectivity index (χ0n) is 16.1. The molecule has 0 fully saturated rings. The van der Waals surface area contributed by atoms with Gasteiger partial charge in [-0.3, -0.25) is 18.7 Å². The molecule has 0 saturated heterocycles. The van der Waals surface area contributed by atoms with E-state index in [0.29, 0.717) is 6.54 Å². The first-order valence-electron chi connectivity index (χ1n) is 8.73. The van der Waals surface area contributed by atoms with Gasteiger partial charge < -0.3 is 5.32 Å². The van der Waals surface area contributed by atoms with Crippen LogP contribution in [0.2, 0.25) is 0 Å². The molecule has 3 aromatic rings. The van der Waals surface area contributed by atoms with Crippen LogP contribution in [-0.2, 0) is 19.5 Å². The molecule has 0 aliphatic heterocycles. The van der Waals surface area contributed by atoms with Crippen LogP contribution in [0.4, 0.5) is 0 Å². The van der Waals surface area contributed by atoms with Crippen molar-refractivity contribution in [3.8, 4) is 0 Å². The maximum atomic E-state index is 12.6. The summed E-state index contributed by atoms with van der Waals surface area (Å²) in [5.74, 6) is -0.361. The van der Waals surface area contributed by atoms with E-state index in [1.807, 2.05) is 38.1 Å². The lowest BCUT2D eigenvalue weighted by atomic mass is 9.84. The third kappa shape index (κ3) is 3.64. The maximum Gasteiger partial charge on any atom is 0.332 e. The second kappa shape index (κ2) is 7.35. The van der Waals surface area contributed by atoms with Crippen LogP contribution >= 0.6 is 15.9 Å². The van der Waals surface area contributed by atoms with Crippen LogP contribution in [0.5, 0.6) is 0 Å². The average molecular weight is 445 g/mol. The molecule has 28 heavy (non-hydrogen) atoms. The van der Waals surface area contributed by atoms with E-state index in [0.717, 1.165) is 14.6 Å². The van der Waals surface area contributed by atoms with Gasteiger partial charge in [0.05, 0.1) is 5.39 Å². The molecule has 0 bridgehead atoms. The largest absolute Gasteiger partial charge is 0.350 e. The van der Waals surface area contributed by atoms with Crippen molar-refractivity contribution in [2.75, 3.05) is 6.54 Å². The summed E-state index contributed by atoms with van der Waals surface area (Å²) in [7, 11) is 2.93. The number of amides is 1. The van der Waals surface area contributed by atoms with E-state index in [9.17, 15) is 14.4 Å². The lowest BCUT2D eigenvalue weighted by molar-refractivity contribution is 0.0941. The molecule has 0 spiro atoms. The number of rotatable bonds is 4. The summed E-state index contributed by atoms with van der Waals surface area (Å²) in [6.07, 6.45) is 0. The lowest BCUT2D eigenvalue weighted by Crippen LogP contribution is -2.38. The Bertz CT molecular complexity index is 1180. The maximum absolute atomic E-state index is 12.6. The Labute approximate surface area is 170 Å².